The van der Waals surface area contributed by atoms with Crippen LogP contribution in [0.2, 0.25) is 0 Å². The topological polar surface area (TPSA) is 37.3 Å². The summed E-state index contributed by atoms with van der Waals surface area (Å²) < 4.78 is 0. The Kier molecular flexibility index (Phi) is 3.56. The van der Waals surface area contributed by atoms with Gasteiger partial charge in [-0.15, -0.1) is 0 Å². The second kappa shape index (κ2) is 3.70. The van der Waals surface area contributed by atoms with Crippen LogP contribution in [0.25, 0.3) is 0 Å². The van der Waals surface area contributed by atoms with Crippen LogP contribution in [-0.4, -0.2) is 38.4 Å². The molecule has 0 amide bonds. The molecule has 0 aromatic heterocycles. The third kappa shape index (κ3) is 1.80. The molecule has 0 saturated carbocycles. The first-order chi connectivity index (χ1) is 4.22. The van der Waals surface area contributed by atoms with Crippen LogP contribution in [0.4, 0.5) is 0 Å². The number of rotatable bonds is 1. The summed E-state index contributed by atoms with van der Waals surface area (Å²) in [6.45, 7) is 3.52. The zero-order valence-corrected chi connectivity index (χ0v) is 11.0. The average Bonchev–Trinajstić information content (AvgIpc) is 2.13. The number of carbonyl (C=O) groups is 1. The van der Waals surface area contributed by atoms with Crippen LogP contribution < -0.4 is 0 Å². The summed E-state index contributed by atoms with van der Waals surface area (Å²) in [4.78, 5) is 10.2. The van der Waals surface area contributed by atoms with E-state index in [-0.39, 0.29) is 32.9 Å². The van der Waals surface area contributed by atoms with Gasteiger partial charge in [0.2, 0.25) is 0 Å². The van der Waals surface area contributed by atoms with Crippen molar-refractivity contribution in [1.29, 1.82) is 0 Å². The van der Waals surface area contributed by atoms with Crippen molar-refractivity contribution in [3.8, 4) is 0 Å². The third-order valence-corrected chi connectivity index (χ3v) is 1.14. The van der Waals surface area contributed by atoms with Gasteiger partial charge in [0.15, 0.2) is 0 Å². The zero-order chi connectivity index (χ0) is 6.85. The molecule has 1 aliphatic carbocycles. The summed E-state index contributed by atoms with van der Waals surface area (Å²) in [5, 5.41) is 8.41. The summed E-state index contributed by atoms with van der Waals surface area (Å²) in [5.74, 6) is -0.912. The molecule has 0 heterocycles. The quantitative estimate of drug-likeness (QED) is 0.698. The van der Waals surface area contributed by atoms with E-state index < -0.39 is 5.97 Å². The van der Waals surface area contributed by atoms with Crippen LogP contribution in [0.15, 0.2) is 36.0 Å². The summed E-state index contributed by atoms with van der Waals surface area (Å²) in [6.07, 6.45) is 4.87. The molecule has 2 nitrogen and oxygen atoms in total. The van der Waals surface area contributed by atoms with Crippen molar-refractivity contribution in [3.05, 3.63) is 36.0 Å². The van der Waals surface area contributed by atoms with Crippen molar-refractivity contribution < 1.29 is 9.90 Å². The fourth-order valence-electron chi connectivity index (χ4n) is 0.666. The van der Waals surface area contributed by atoms with Crippen LogP contribution in [0, 0.1) is 0 Å². The van der Waals surface area contributed by atoms with E-state index in [0.717, 1.165) is 0 Å². The summed E-state index contributed by atoms with van der Waals surface area (Å²) in [6, 6.07) is 0. The molecule has 0 spiro atoms. The standard InChI is InChI=1S/C7H6O2.Pb.2H/c1-5-3-2-4-6(5)7(8)9;;;/h2-4H,1H2,(H,8,9);;;. The normalized spacial score (nSPS) is 14.4. The minimum atomic E-state index is -0.912. The van der Waals surface area contributed by atoms with Crippen LogP contribution in [0.1, 0.15) is 0 Å². The molecule has 3 heteroatoms. The van der Waals surface area contributed by atoms with Crippen LogP contribution in [-0.2, 0) is 4.79 Å². The molecule has 0 aromatic rings. The van der Waals surface area contributed by atoms with E-state index in [0.29, 0.717) is 5.57 Å². The van der Waals surface area contributed by atoms with E-state index in [2.05, 4.69) is 6.58 Å². The molecule has 1 N–H and O–H groups in total. The number of hydrogen-bond donors (Lipinski definition) is 1. The number of allylic oxidation sites excluding steroid dienone is 3. The Morgan fingerprint density at radius 1 is 1.60 bits per heavy atom. The molecule has 1 aliphatic rings. The van der Waals surface area contributed by atoms with E-state index in [1.54, 1.807) is 12.2 Å². The molecule has 52 valence electrons. The Labute approximate surface area is 79.1 Å². The second-order valence-electron chi connectivity index (χ2n) is 1.77. The van der Waals surface area contributed by atoms with Gasteiger partial charge in [-0.25, -0.2) is 4.79 Å². The Bertz CT molecular complexity index is 226. The van der Waals surface area contributed by atoms with Gasteiger partial charge in [0.05, 0.1) is 5.57 Å². The van der Waals surface area contributed by atoms with Gasteiger partial charge in [-0.2, -0.15) is 0 Å². The Hall–Kier alpha value is -0.388. The van der Waals surface area contributed by atoms with Crippen molar-refractivity contribution in [2.24, 2.45) is 0 Å². The van der Waals surface area contributed by atoms with Gasteiger partial charge < -0.3 is 5.11 Å². The van der Waals surface area contributed by atoms with E-state index >= 15 is 0 Å². The van der Waals surface area contributed by atoms with Gasteiger partial charge in [-0.05, 0) is 11.6 Å². The molecule has 2 radical (unpaired) electrons. The number of carboxylic acids is 1. The first-order valence-corrected chi connectivity index (χ1v) is 2.53. The van der Waals surface area contributed by atoms with Crippen molar-refractivity contribution in [2.75, 3.05) is 0 Å². The molecule has 0 aliphatic heterocycles. The maximum absolute atomic E-state index is 10.2. The summed E-state index contributed by atoms with van der Waals surface area (Å²) in [7, 11) is 0. The van der Waals surface area contributed by atoms with E-state index in [1.165, 1.54) is 6.08 Å². The van der Waals surface area contributed by atoms with Crippen molar-refractivity contribution in [2.45, 2.75) is 0 Å². The fraction of sp³-hybridized carbons (Fsp3) is 0. The van der Waals surface area contributed by atoms with Crippen molar-refractivity contribution >= 4 is 33.3 Å². The van der Waals surface area contributed by atoms with Gasteiger partial charge in [0.1, 0.15) is 0 Å². The Morgan fingerprint density at radius 2 is 2.20 bits per heavy atom. The first-order valence-electron chi connectivity index (χ1n) is 2.53. The summed E-state index contributed by atoms with van der Waals surface area (Å²) >= 11 is 0. The second-order valence-corrected chi connectivity index (χ2v) is 1.77. The molecule has 0 bridgehead atoms. The average molecular weight is 331 g/mol. The van der Waals surface area contributed by atoms with E-state index in [1.807, 2.05) is 0 Å². The van der Waals surface area contributed by atoms with Crippen LogP contribution >= 0.6 is 0 Å². The maximum atomic E-state index is 10.2. The van der Waals surface area contributed by atoms with Crippen LogP contribution in [0.5, 0.6) is 0 Å². The molecule has 0 aromatic carbocycles. The number of hydrogen-bond acceptors (Lipinski definition) is 1. The number of carboxylic acid groups (broad SMARTS) is 1. The van der Waals surface area contributed by atoms with Crippen LogP contribution in [0.3, 0.4) is 0 Å². The van der Waals surface area contributed by atoms with E-state index in [4.69, 9.17) is 5.11 Å². The Balaban J connectivity index is 0.000000810. The predicted molar refractivity (Wildman–Crippen MR) is 42.5 cm³/mol. The van der Waals surface area contributed by atoms with Gasteiger partial charge in [-0.3, -0.25) is 0 Å². The third-order valence-electron chi connectivity index (χ3n) is 1.14. The Morgan fingerprint density at radius 3 is 2.40 bits per heavy atom. The molecule has 0 unspecified atom stereocenters. The monoisotopic (exact) mass is 332 g/mol. The molecular formula is C7H8O2Pb. The molecule has 0 saturated heterocycles. The van der Waals surface area contributed by atoms with Crippen molar-refractivity contribution in [3.63, 3.8) is 0 Å². The van der Waals surface area contributed by atoms with Crippen molar-refractivity contribution in [1.82, 2.24) is 0 Å². The SMILES string of the molecule is C=C1C=CC=C1C(=O)O.[PbH2]. The van der Waals surface area contributed by atoms with Gasteiger partial charge in [0, 0.05) is 0 Å². The van der Waals surface area contributed by atoms with Gasteiger partial charge in [-0.1, -0.05) is 18.7 Å². The molecule has 1 rings (SSSR count). The summed E-state index contributed by atoms with van der Waals surface area (Å²) in [5.41, 5.74) is 0.859. The zero-order valence-electron chi connectivity index (χ0n) is 5.50. The van der Waals surface area contributed by atoms with E-state index in [9.17, 15) is 4.79 Å². The molecule has 0 atom stereocenters. The molecular weight excluding hydrogens is 323 g/mol. The van der Waals surface area contributed by atoms with Gasteiger partial charge >= 0.3 is 33.3 Å². The molecule has 0 fully saturated rings. The fourth-order valence-corrected chi connectivity index (χ4v) is 0.666. The van der Waals surface area contributed by atoms with Gasteiger partial charge in [0.25, 0.3) is 0 Å². The molecule has 10 heavy (non-hydrogen) atoms. The number of aliphatic carboxylic acids is 1. The predicted octanol–water partition coefficient (Wildman–Crippen LogP) is 0.207. The first kappa shape index (κ1) is 9.61. The minimum absolute atomic E-state index is 0.